The van der Waals surface area contributed by atoms with Crippen molar-refractivity contribution in [1.82, 2.24) is 4.98 Å². The predicted octanol–water partition coefficient (Wildman–Crippen LogP) is 2.51. The molecular formula is C19H22N4O3S. The highest BCUT2D eigenvalue weighted by molar-refractivity contribution is 7.13. The Morgan fingerprint density at radius 2 is 1.89 bits per heavy atom. The molecule has 0 unspecified atom stereocenters. The molecule has 142 valence electrons. The second-order valence-corrected chi connectivity index (χ2v) is 7.64. The SMILES string of the molecule is O=C(Cc1csc(NC(=O)C2CC2)n1)Nc1ccc(N2CCOCC2)cc1. The van der Waals surface area contributed by atoms with Crippen molar-refractivity contribution in [3.8, 4) is 0 Å². The van der Waals surface area contributed by atoms with Gasteiger partial charge in [0.1, 0.15) is 0 Å². The maximum Gasteiger partial charge on any atom is 0.230 e. The van der Waals surface area contributed by atoms with E-state index in [1.54, 1.807) is 0 Å². The summed E-state index contributed by atoms with van der Waals surface area (Å²) in [4.78, 5) is 30.6. The van der Waals surface area contributed by atoms with E-state index in [4.69, 9.17) is 4.74 Å². The first-order valence-corrected chi connectivity index (χ1v) is 10.0. The van der Waals surface area contributed by atoms with Gasteiger partial charge in [-0.15, -0.1) is 11.3 Å². The van der Waals surface area contributed by atoms with Crippen molar-refractivity contribution >= 4 is 39.7 Å². The lowest BCUT2D eigenvalue weighted by molar-refractivity contribution is -0.117. The van der Waals surface area contributed by atoms with E-state index in [1.807, 2.05) is 29.6 Å². The van der Waals surface area contributed by atoms with Crippen LogP contribution in [-0.2, 0) is 20.7 Å². The monoisotopic (exact) mass is 386 g/mol. The Kier molecular flexibility index (Phi) is 5.35. The van der Waals surface area contributed by atoms with Gasteiger partial charge in [-0.05, 0) is 37.1 Å². The van der Waals surface area contributed by atoms with Crippen LogP contribution in [0.4, 0.5) is 16.5 Å². The number of aromatic nitrogens is 1. The number of thiazole rings is 1. The highest BCUT2D eigenvalue weighted by Gasteiger charge is 2.30. The summed E-state index contributed by atoms with van der Waals surface area (Å²) in [5.74, 6) is 0.0429. The van der Waals surface area contributed by atoms with Crippen LogP contribution < -0.4 is 15.5 Å². The van der Waals surface area contributed by atoms with Gasteiger partial charge >= 0.3 is 0 Å². The van der Waals surface area contributed by atoms with Gasteiger partial charge in [-0.2, -0.15) is 0 Å². The zero-order valence-corrected chi connectivity index (χ0v) is 15.8. The molecule has 1 aromatic carbocycles. The quantitative estimate of drug-likeness (QED) is 0.797. The average molecular weight is 386 g/mol. The fourth-order valence-electron chi connectivity index (χ4n) is 2.95. The van der Waals surface area contributed by atoms with Crippen molar-refractivity contribution in [1.29, 1.82) is 0 Å². The highest BCUT2D eigenvalue weighted by atomic mass is 32.1. The second-order valence-electron chi connectivity index (χ2n) is 6.78. The third kappa shape index (κ3) is 4.84. The minimum Gasteiger partial charge on any atom is -0.378 e. The zero-order chi connectivity index (χ0) is 18.6. The summed E-state index contributed by atoms with van der Waals surface area (Å²) >= 11 is 1.35. The molecule has 0 atom stereocenters. The lowest BCUT2D eigenvalue weighted by Crippen LogP contribution is -2.36. The molecule has 1 aromatic heterocycles. The molecule has 4 rings (SSSR count). The molecule has 1 saturated heterocycles. The summed E-state index contributed by atoms with van der Waals surface area (Å²) in [6.07, 6.45) is 2.09. The molecule has 2 aromatic rings. The van der Waals surface area contributed by atoms with E-state index in [0.717, 1.165) is 50.5 Å². The van der Waals surface area contributed by atoms with E-state index >= 15 is 0 Å². The minimum atomic E-state index is -0.125. The van der Waals surface area contributed by atoms with E-state index in [9.17, 15) is 9.59 Å². The van der Waals surface area contributed by atoms with E-state index in [0.29, 0.717) is 10.8 Å². The summed E-state index contributed by atoms with van der Waals surface area (Å²) in [5.41, 5.74) is 2.55. The first-order chi connectivity index (χ1) is 13.2. The Hall–Kier alpha value is -2.45. The maximum atomic E-state index is 12.3. The van der Waals surface area contributed by atoms with Gasteiger partial charge < -0.3 is 20.3 Å². The summed E-state index contributed by atoms with van der Waals surface area (Å²) in [5, 5.41) is 8.07. The van der Waals surface area contributed by atoms with Gasteiger partial charge in [0.15, 0.2) is 5.13 Å². The van der Waals surface area contributed by atoms with Gasteiger partial charge in [-0.1, -0.05) is 0 Å². The predicted molar refractivity (Wildman–Crippen MR) is 105 cm³/mol. The number of amides is 2. The summed E-state index contributed by atoms with van der Waals surface area (Å²) in [7, 11) is 0. The van der Waals surface area contributed by atoms with Gasteiger partial charge in [0.25, 0.3) is 0 Å². The summed E-state index contributed by atoms with van der Waals surface area (Å²) < 4.78 is 5.36. The largest absolute Gasteiger partial charge is 0.378 e. The Morgan fingerprint density at radius 1 is 1.15 bits per heavy atom. The number of benzene rings is 1. The van der Waals surface area contributed by atoms with Crippen molar-refractivity contribution in [2.45, 2.75) is 19.3 Å². The number of morpholine rings is 1. The number of hydrogen-bond acceptors (Lipinski definition) is 6. The van der Waals surface area contributed by atoms with Crippen LogP contribution in [0.2, 0.25) is 0 Å². The fraction of sp³-hybridized carbons (Fsp3) is 0.421. The van der Waals surface area contributed by atoms with Crippen LogP contribution >= 0.6 is 11.3 Å². The molecule has 1 aliphatic heterocycles. The highest BCUT2D eigenvalue weighted by Crippen LogP contribution is 2.30. The molecule has 0 bridgehead atoms. The van der Waals surface area contributed by atoms with Crippen molar-refractivity contribution in [3.05, 3.63) is 35.3 Å². The topological polar surface area (TPSA) is 83.6 Å². The molecule has 2 amide bonds. The Balaban J connectivity index is 1.28. The van der Waals surface area contributed by atoms with E-state index in [1.165, 1.54) is 11.3 Å². The number of anilines is 3. The van der Waals surface area contributed by atoms with Crippen molar-refractivity contribution in [2.24, 2.45) is 5.92 Å². The smallest absolute Gasteiger partial charge is 0.230 e. The number of nitrogens with one attached hydrogen (secondary N) is 2. The molecule has 27 heavy (non-hydrogen) atoms. The van der Waals surface area contributed by atoms with Crippen molar-refractivity contribution in [2.75, 3.05) is 41.8 Å². The number of rotatable bonds is 6. The molecule has 2 aliphatic rings. The van der Waals surface area contributed by atoms with Gasteiger partial charge in [-0.3, -0.25) is 9.59 Å². The molecule has 0 radical (unpaired) electrons. The van der Waals surface area contributed by atoms with Crippen LogP contribution in [-0.4, -0.2) is 43.1 Å². The molecule has 2 heterocycles. The lowest BCUT2D eigenvalue weighted by Gasteiger charge is -2.28. The number of carbonyl (C=O) groups is 2. The maximum absolute atomic E-state index is 12.3. The second kappa shape index (κ2) is 8.06. The Labute approximate surface area is 161 Å². The molecular weight excluding hydrogens is 364 g/mol. The zero-order valence-electron chi connectivity index (χ0n) is 14.9. The Bertz CT molecular complexity index is 811. The van der Waals surface area contributed by atoms with E-state index < -0.39 is 0 Å². The molecule has 1 saturated carbocycles. The fourth-order valence-corrected chi connectivity index (χ4v) is 3.66. The van der Waals surface area contributed by atoms with Gasteiger partial charge in [0.05, 0.1) is 25.3 Å². The first-order valence-electron chi connectivity index (χ1n) is 9.15. The van der Waals surface area contributed by atoms with Crippen LogP contribution in [0, 0.1) is 5.92 Å². The number of nitrogens with zero attached hydrogens (tertiary/aromatic N) is 2. The standard InChI is InChI=1S/C19H22N4O3S/c24-17(11-15-12-27-19(21-15)22-18(25)13-1-2-13)20-14-3-5-16(6-4-14)23-7-9-26-10-8-23/h3-6,12-13H,1-2,7-11H2,(H,20,24)(H,21,22,25). The third-order valence-electron chi connectivity index (χ3n) is 4.60. The van der Waals surface area contributed by atoms with Gasteiger partial charge in [-0.25, -0.2) is 4.98 Å². The molecule has 1 aliphatic carbocycles. The molecule has 8 heteroatoms. The van der Waals surface area contributed by atoms with E-state index in [-0.39, 0.29) is 24.2 Å². The van der Waals surface area contributed by atoms with Crippen LogP contribution in [0.3, 0.4) is 0 Å². The molecule has 0 spiro atoms. The van der Waals surface area contributed by atoms with Gasteiger partial charge in [0.2, 0.25) is 11.8 Å². The molecule has 2 N–H and O–H groups in total. The number of carbonyl (C=O) groups excluding carboxylic acids is 2. The number of hydrogen-bond donors (Lipinski definition) is 2. The van der Waals surface area contributed by atoms with Crippen LogP contribution in [0.25, 0.3) is 0 Å². The molecule has 7 nitrogen and oxygen atoms in total. The Morgan fingerprint density at radius 3 is 2.59 bits per heavy atom. The van der Waals surface area contributed by atoms with Crippen LogP contribution in [0.15, 0.2) is 29.6 Å². The number of ether oxygens (including phenoxy) is 1. The lowest BCUT2D eigenvalue weighted by atomic mass is 10.2. The van der Waals surface area contributed by atoms with Gasteiger partial charge in [0, 0.05) is 35.8 Å². The summed E-state index contributed by atoms with van der Waals surface area (Å²) in [6, 6.07) is 7.83. The average Bonchev–Trinajstić information content (AvgIpc) is 3.45. The summed E-state index contributed by atoms with van der Waals surface area (Å²) in [6.45, 7) is 3.26. The molecule has 2 fully saturated rings. The van der Waals surface area contributed by atoms with Crippen LogP contribution in [0.1, 0.15) is 18.5 Å². The van der Waals surface area contributed by atoms with E-state index in [2.05, 4.69) is 20.5 Å². The van der Waals surface area contributed by atoms with Crippen molar-refractivity contribution in [3.63, 3.8) is 0 Å². The first kappa shape index (κ1) is 17.9. The minimum absolute atomic E-state index is 0.0284. The van der Waals surface area contributed by atoms with Crippen molar-refractivity contribution < 1.29 is 14.3 Å². The third-order valence-corrected chi connectivity index (χ3v) is 5.41. The normalized spacial score (nSPS) is 16.8. The van der Waals surface area contributed by atoms with Crippen LogP contribution in [0.5, 0.6) is 0 Å².